The molecule has 86 valence electrons. The molecule has 0 saturated carbocycles. The van der Waals surface area contributed by atoms with Crippen LogP contribution in [-0.2, 0) is 6.54 Å². The van der Waals surface area contributed by atoms with Gasteiger partial charge in [-0.2, -0.15) is 0 Å². The Morgan fingerprint density at radius 2 is 2.19 bits per heavy atom. The van der Waals surface area contributed by atoms with Crippen molar-refractivity contribution in [3.63, 3.8) is 0 Å². The Labute approximate surface area is 103 Å². The first kappa shape index (κ1) is 11.7. The van der Waals surface area contributed by atoms with Crippen LogP contribution in [0.1, 0.15) is 25.0 Å². The molecule has 5 heteroatoms. The van der Waals surface area contributed by atoms with Crippen LogP contribution >= 0.6 is 23.2 Å². The van der Waals surface area contributed by atoms with Gasteiger partial charge in [-0.05, 0) is 19.9 Å². The quantitative estimate of drug-likeness (QED) is 0.742. The van der Waals surface area contributed by atoms with Crippen molar-refractivity contribution in [2.45, 2.75) is 25.8 Å². The summed E-state index contributed by atoms with van der Waals surface area (Å²) in [5.41, 5.74) is 1.41. The van der Waals surface area contributed by atoms with Gasteiger partial charge < -0.3 is 4.57 Å². The highest BCUT2D eigenvalue weighted by molar-refractivity contribution is 6.31. The van der Waals surface area contributed by atoms with Gasteiger partial charge in [0.05, 0.1) is 21.4 Å². The fourth-order valence-electron chi connectivity index (χ4n) is 1.77. The van der Waals surface area contributed by atoms with E-state index in [4.69, 9.17) is 23.2 Å². The summed E-state index contributed by atoms with van der Waals surface area (Å²) in [5.74, 6) is 0.304. The zero-order valence-corrected chi connectivity index (χ0v) is 10.5. The molecule has 1 aromatic heterocycles. The minimum atomic E-state index is -0.433. The number of aryl methyl sites for hydroxylation is 1. The van der Waals surface area contributed by atoms with E-state index in [-0.39, 0.29) is 10.4 Å². The molecule has 0 saturated heterocycles. The van der Waals surface area contributed by atoms with Gasteiger partial charge in [0.2, 0.25) is 0 Å². The molecule has 0 N–H and O–H groups in total. The maximum Gasteiger partial charge on any atom is 0.144 e. The summed E-state index contributed by atoms with van der Waals surface area (Å²) >= 11 is 11.7. The van der Waals surface area contributed by atoms with E-state index >= 15 is 0 Å². The lowest BCUT2D eigenvalue weighted by molar-refractivity contribution is 0.628. The maximum absolute atomic E-state index is 13.4. The van der Waals surface area contributed by atoms with Crippen LogP contribution in [0.15, 0.2) is 12.1 Å². The lowest BCUT2D eigenvalue weighted by Crippen LogP contribution is -2.02. The Kier molecular flexibility index (Phi) is 3.08. The number of fused-ring (bicyclic) bond motifs is 1. The number of aromatic nitrogens is 2. The molecule has 0 fully saturated rings. The van der Waals surface area contributed by atoms with Crippen LogP contribution in [0.2, 0.25) is 5.02 Å². The van der Waals surface area contributed by atoms with Crippen molar-refractivity contribution in [2.75, 3.05) is 0 Å². The lowest BCUT2D eigenvalue weighted by atomic mass is 10.3. The lowest BCUT2D eigenvalue weighted by Gasteiger charge is -2.06. The van der Waals surface area contributed by atoms with Gasteiger partial charge in [-0.25, -0.2) is 9.37 Å². The van der Waals surface area contributed by atoms with E-state index < -0.39 is 5.82 Å². The highest BCUT2D eigenvalue weighted by atomic mass is 35.5. The summed E-state index contributed by atoms with van der Waals surface area (Å²) < 4.78 is 15.3. The molecule has 0 aliphatic heterocycles. The van der Waals surface area contributed by atoms with Gasteiger partial charge in [0.15, 0.2) is 0 Å². The number of benzene rings is 1. The third-order valence-corrected chi connectivity index (χ3v) is 2.98. The van der Waals surface area contributed by atoms with Crippen LogP contribution in [0.25, 0.3) is 11.0 Å². The van der Waals surface area contributed by atoms with Crippen LogP contribution < -0.4 is 0 Å². The van der Waals surface area contributed by atoms with Crippen molar-refractivity contribution in [2.24, 2.45) is 0 Å². The average molecular weight is 261 g/mol. The first-order valence-electron chi connectivity index (χ1n) is 5.03. The second-order valence-corrected chi connectivity index (χ2v) is 4.65. The fraction of sp³-hybridized carbons (Fsp3) is 0.364. The largest absolute Gasteiger partial charge is 0.327 e. The van der Waals surface area contributed by atoms with Crippen molar-refractivity contribution >= 4 is 34.2 Å². The Morgan fingerprint density at radius 3 is 2.75 bits per heavy atom. The number of imidazole rings is 1. The molecular weight excluding hydrogens is 250 g/mol. The van der Waals surface area contributed by atoms with Crippen molar-refractivity contribution in [3.05, 3.63) is 28.8 Å². The van der Waals surface area contributed by atoms with Gasteiger partial charge in [-0.1, -0.05) is 11.6 Å². The number of hydrogen-bond acceptors (Lipinski definition) is 1. The Hall–Kier alpha value is -0.800. The summed E-state index contributed by atoms with van der Waals surface area (Å²) in [6, 6.07) is 2.93. The van der Waals surface area contributed by atoms with E-state index in [0.717, 1.165) is 11.3 Å². The van der Waals surface area contributed by atoms with E-state index in [1.54, 1.807) is 0 Å². The van der Waals surface area contributed by atoms with Gasteiger partial charge in [-0.15, -0.1) is 11.6 Å². The first-order valence-corrected chi connectivity index (χ1v) is 5.85. The SMILES string of the molecule is CCn1c(C(C)Cl)nc2cc(Cl)c(F)cc21. The molecule has 1 unspecified atom stereocenters. The average Bonchev–Trinajstić information content (AvgIpc) is 2.57. The number of rotatable bonds is 2. The van der Waals surface area contributed by atoms with Crippen LogP contribution in [0.4, 0.5) is 4.39 Å². The van der Waals surface area contributed by atoms with E-state index in [0.29, 0.717) is 12.1 Å². The molecule has 0 bridgehead atoms. The van der Waals surface area contributed by atoms with Gasteiger partial charge >= 0.3 is 0 Å². The van der Waals surface area contributed by atoms with Crippen molar-refractivity contribution < 1.29 is 4.39 Å². The summed E-state index contributed by atoms with van der Waals surface area (Å²) in [7, 11) is 0. The predicted octanol–water partition coefficient (Wildman–Crippen LogP) is 4.15. The molecule has 0 aliphatic carbocycles. The topological polar surface area (TPSA) is 17.8 Å². The third kappa shape index (κ3) is 1.78. The standard InChI is InChI=1S/C11H11Cl2FN2/c1-3-16-10-5-8(14)7(13)4-9(10)15-11(16)6(2)12/h4-6H,3H2,1-2H3. The van der Waals surface area contributed by atoms with Crippen LogP contribution in [0, 0.1) is 5.82 Å². The molecule has 1 atom stereocenters. The molecule has 2 aromatic rings. The Balaban J connectivity index is 2.77. The number of alkyl halides is 1. The second-order valence-electron chi connectivity index (χ2n) is 3.59. The molecule has 2 nitrogen and oxygen atoms in total. The highest BCUT2D eigenvalue weighted by Crippen LogP contribution is 2.27. The smallest absolute Gasteiger partial charge is 0.144 e. The van der Waals surface area contributed by atoms with Crippen LogP contribution in [-0.4, -0.2) is 9.55 Å². The monoisotopic (exact) mass is 260 g/mol. The maximum atomic E-state index is 13.4. The highest BCUT2D eigenvalue weighted by Gasteiger charge is 2.15. The van der Waals surface area contributed by atoms with Gasteiger partial charge in [0.25, 0.3) is 0 Å². The van der Waals surface area contributed by atoms with Crippen molar-refractivity contribution in [1.29, 1.82) is 0 Å². The Morgan fingerprint density at radius 1 is 1.50 bits per heavy atom. The second kappa shape index (κ2) is 4.22. The zero-order chi connectivity index (χ0) is 11.9. The zero-order valence-electron chi connectivity index (χ0n) is 8.97. The minimum Gasteiger partial charge on any atom is -0.327 e. The fourth-order valence-corrected chi connectivity index (χ4v) is 2.10. The van der Waals surface area contributed by atoms with Gasteiger partial charge in [0, 0.05) is 12.6 Å². The van der Waals surface area contributed by atoms with Crippen LogP contribution in [0.3, 0.4) is 0 Å². The normalized spacial score (nSPS) is 13.3. The van der Waals surface area contributed by atoms with Crippen molar-refractivity contribution in [3.8, 4) is 0 Å². The van der Waals surface area contributed by atoms with Gasteiger partial charge in [0.1, 0.15) is 11.6 Å². The number of halogens is 3. The summed E-state index contributed by atoms with van der Waals surface area (Å²) in [4.78, 5) is 4.36. The molecule has 0 radical (unpaired) electrons. The summed E-state index contributed by atoms with van der Waals surface area (Å²) in [6.07, 6.45) is 0. The number of nitrogens with zero attached hydrogens (tertiary/aromatic N) is 2. The van der Waals surface area contributed by atoms with E-state index in [9.17, 15) is 4.39 Å². The van der Waals surface area contributed by atoms with Crippen LogP contribution in [0.5, 0.6) is 0 Å². The molecular formula is C11H11Cl2FN2. The molecule has 0 aliphatic rings. The summed E-state index contributed by atoms with van der Waals surface area (Å²) in [6.45, 7) is 4.51. The minimum absolute atomic E-state index is 0.0852. The molecule has 0 amide bonds. The molecule has 16 heavy (non-hydrogen) atoms. The molecule has 1 aromatic carbocycles. The first-order chi connectivity index (χ1) is 7.54. The van der Waals surface area contributed by atoms with E-state index in [2.05, 4.69) is 4.98 Å². The predicted molar refractivity (Wildman–Crippen MR) is 64.6 cm³/mol. The van der Waals surface area contributed by atoms with E-state index in [1.165, 1.54) is 12.1 Å². The van der Waals surface area contributed by atoms with Crippen molar-refractivity contribution in [1.82, 2.24) is 9.55 Å². The number of hydrogen-bond donors (Lipinski definition) is 0. The van der Waals surface area contributed by atoms with Gasteiger partial charge in [-0.3, -0.25) is 0 Å². The Bertz CT molecular complexity index is 534. The van der Waals surface area contributed by atoms with E-state index in [1.807, 2.05) is 18.4 Å². The molecule has 0 spiro atoms. The third-order valence-electron chi connectivity index (χ3n) is 2.49. The molecule has 2 rings (SSSR count). The molecule has 1 heterocycles. The summed E-state index contributed by atoms with van der Waals surface area (Å²) in [5, 5.41) is -0.129.